The van der Waals surface area contributed by atoms with E-state index in [1.165, 1.54) is 0 Å². The van der Waals surface area contributed by atoms with Gasteiger partial charge in [0.15, 0.2) is 0 Å². The normalized spacial score (nSPS) is 12.8. The van der Waals surface area contributed by atoms with Gasteiger partial charge in [-0.05, 0) is 18.3 Å². The molecular formula is C11H21NO2. The molecule has 0 radical (unpaired) electrons. The van der Waals surface area contributed by atoms with Crippen LogP contribution in [0, 0.1) is 5.41 Å². The van der Waals surface area contributed by atoms with Gasteiger partial charge in [0.2, 0.25) is 0 Å². The van der Waals surface area contributed by atoms with Crippen molar-refractivity contribution in [3.05, 3.63) is 11.8 Å². The van der Waals surface area contributed by atoms with Crippen molar-refractivity contribution in [1.29, 1.82) is 0 Å². The summed E-state index contributed by atoms with van der Waals surface area (Å²) in [6.07, 6.45) is 3.18. The molecule has 0 unspecified atom stereocenters. The van der Waals surface area contributed by atoms with E-state index >= 15 is 0 Å². The first-order chi connectivity index (χ1) is 6.22. The van der Waals surface area contributed by atoms with Crippen LogP contribution in [0.25, 0.3) is 0 Å². The molecule has 0 amide bonds. The lowest BCUT2D eigenvalue weighted by Gasteiger charge is -2.18. The van der Waals surface area contributed by atoms with Gasteiger partial charge >= 0.3 is 5.97 Å². The molecule has 0 aliphatic carbocycles. The number of aliphatic carboxylic acids is 1. The molecule has 3 nitrogen and oxygen atoms in total. The minimum Gasteiger partial charge on any atom is -0.478 e. The van der Waals surface area contributed by atoms with Crippen molar-refractivity contribution in [2.24, 2.45) is 5.41 Å². The van der Waals surface area contributed by atoms with Gasteiger partial charge in [0.25, 0.3) is 0 Å². The Morgan fingerprint density at radius 2 is 1.86 bits per heavy atom. The molecule has 0 aromatic carbocycles. The fraction of sp³-hybridized carbons (Fsp3) is 0.727. The molecule has 3 heteroatoms. The van der Waals surface area contributed by atoms with Gasteiger partial charge in [-0.2, -0.15) is 0 Å². The quantitative estimate of drug-likeness (QED) is 0.706. The molecule has 0 saturated heterocycles. The minimum absolute atomic E-state index is 0.181. The van der Waals surface area contributed by atoms with Crippen LogP contribution in [0.1, 0.15) is 33.6 Å². The van der Waals surface area contributed by atoms with Crippen molar-refractivity contribution in [1.82, 2.24) is 4.90 Å². The average molecular weight is 199 g/mol. The standard InChI is InChI=1S/C11H21NO2/c1-11(2,3)7-6-9(10(13)14)8-12(4)5/h8H,6-7H2,1-5H3,(H,13,14). The third-order valence-corrected chi connectivity index (χ3v) is 1.83. The lowest BCUT2D eigenvalue weighted by molar-refractivity contribution is -0.132. The van der Waals surface area contributed by atoms with Gasteiger partial charge in [-0.15, -0.1) is 0 Å². The van der Waals surface area contributed by atoms with Gasteiger partial charge < -0.3 is 10.0 Å². The largest absolute Gasteiger partial charge is 0.478 e. The topological polar surface area (TPSA) is 40.5 Å². The molecule has 0 aliphatic rings. The Morgan fingerprint density at radius 3 is 2.14 bits per heavy atom. The highest BCUT2D eigenvalue weighted by atomic mass is 16.4. The van der Waals surface area contributed by atoms with Crippen LogP contribution in [0.4, 0.5) is 0 Å². The number of carboxylic acid groups (broad SMARTS) is 1. The molecule has 14 heavy (non-hydrogen) atoms. The predicted octanol–water partition coefficient (Wildman–Crippen LogP) is 2.34. The summed E-state index contributed by atoms with van der Waals surface area (Å²) in [5.74, 6) is -0.817. The van der Waals surface area contributed by atoms with Crippen LogP contribution in [-0.2, 0) is 4.79 Å². The maximum Gasteiger partial charge on any atom is 0.333 e. The summed E-state index contributed by atoms with van der Waals surface area (Å²) in [4.78, 5) is 12.6. The lowest BCUT2D eigenvalue weighted by atomic mass is 9.89. The Balaban J connectivity index is 4.34. The molecule has 0 saturated carbocycles. The van der Waals surface area contributed by atoms with Crippen molar-refractivity contribution >= 4 is 5.97 Å². The molecule has 0 aliphatic heterocycles. The SMILES string of the molecule is CN(C)C=C(CCC(C)(C)C)C(=O)O. The van der Waals surface area contributed by atoms with E-state index in [2.05, 4.69) is 20.8 Å². The van der Waals surface area contributed by atoms with E-state index < -0.39 is 5.97 Å². The van der Waals surface area contributed by atoms with Crippen LogP contribution >= 0.6 is 0 Å². The molecule has 0 atom stereocenters. The first-order valence-corrected chi connectivity index (χ1v) is 4.83. The van der Waals surface area contributed by atoms with Crippen molar-refractivity contribution in [3.63, 3.8) is 0 Å². The smallest absolute Gasteiger partial charge is 0.333 e. The van der Waals surface area contributed by atoms with Crippen LogP contribution in [0.5, 0.6) is 0 Å². The predicted molar refractivity (Wildman–Crippen MR) is 58.1 cm³/mol. The van der Waals surface area contributed by atoms with Crippen molar-refractivity contribution in [2.45, 2.75) is 33.6 Å². The molecule has 1 N–H and O–H groups in total. The molecule has 0 heterocycles. The van der Waals surface area contributed by atoms with Crippen LogP contribution < -0.4 is 0 Å². The summed E-state index contributed by atoms with van der Waals surface area (Å²) in [6, 6.07) is 0. The second-order valence-corrected chi connectivity index (χ2v) is 4.98. The first-order valence-electron chi connectivity index (χ1n) is 4.83. The summed E-state index contributed by atoms with van der Waals surface area (Å²) in [5, 5.41) is 8.92. The maximum atomic E-state index is 10.9. The highest BCUT2D eigenvalue weighted by molar-refractivity contribution is 5.86. The van der Waals surface area contributed by atoms with E-state index in [-0.39, 0.29) is 5.41 Å². The number of hydrogen-bond donors (Lipinski definition) is 1. The number of rotatable bonds is 4. The summed E-state index contributed by atoms with van der Waals surface area (Å²) < 4.78 is 0. The van der Waals surface area contributed by atoms with Gasteiger partial charge in [-0.1, -0.05) is 20.8 Å². The third kappa shape index (κ3) is 6.52. The first kappa shape index (κ1) is 13.0. The lowest BCUT2D eigenvalue weighted by Crippen LogP contribution is -2.12. The number of carbonyl (C=O) groups is 1. The summed E-state index contributed by atoms with van der Waals surface area (Å²) in [7, 11) is 3.67. The monoisotopic (exact) mass is 199 g/mol. The second-order valence-electron chi connectivity index (χ2n) is 4.98. The zero-order valence-electron chi connectivity index (χ0n) is 9.79. The van der Waals surface area contributed by atoms with E-state index in [0.29, 0.717) is 12.0 Å². The van der Waals surface area contributed by atoms with E-state index in [0.717, 1.165) is 6.42 Å². The summed E-state index contributed by atoms with van der Waals surface area (Å²) in [6.45, 7) is 6.34. The van der Waals surface area contributed by atoms with Gasteiger partial charge in [0.1, 0.15) is 0 Å². The Morgan fingerprint density at radius 1 is 1.36 bits per heavy atom. The fourth-order valence-electron chi connectivity index (χ4n) is 1.05. The van der Waals surface area contributed by atoms with Crippen molar-refractivity contribution in [2.75, 3.05) is 14.1 Å². The van der Waals surface area contributed by atoms with Crippen molar-refractivity contribution < 1.29 is 9.90 Å². The van der Waals surface area contributed by atoms with E-state index in [1.807, 2.05) is 14.1 Å². The van der Waals surface area contributed by atoms with Crippen LogP contribution in [-0.4, -0.2) is 30.1 Å². The third-order valence-electron chi connectivity index (χ3n) is 1.83. The Kier molecular flexibility index (Phi) is 4.68. The molecule has 0 rings (SSSR count). The van der Waals surface area contributed by atoms with E-state index in [4.69, 9.17) is 5.11 Å². The molecule has 0 aromatic heterocycles. The number of hydrogen-bond acceptors (Lipinski definition) is 2. The van der Waals surface area contributed by atoms with E-state index in [9.17, 15) is 4.79 Å². The highest BCUT2D eigenvalue weighted by Gasteiger charge is 2.14. The Bertz CT molecular complexity index is 224. The summed E-state index contributed by atoms with van der Waals surface area (Å²) >= 11 is 0. The van der Waals surface area contributed by atoms with Gasteiger partial charge in [0, 0.05) is 20.3 Å². The molecule has 0 aromatic rings. The molecule has 0 spiro atoms. The highest BCUT2D eigenvalue weighted by Crippen LogP contribution is 2.23. The zero-order valence-corrected chi connectivity index (χ0v) is 9.79. The molecule has 0 bridgehead atoms. The Hall–Kier alpha value is -0.990. The fourth-order valence-corrected chi connectivity index (χ4v) is 1.05. The average Bonchev–Trinajstić information content (AvgIpc) is 1.94. The number of nitrogens with zero attached hydrogens (tertiary/aromatic N) is 1. The summed E-state index contributed by atoms with van der Waals surface area (Å²) in [5.41, 5.74) is 0.658. The minimum atomic E-state index is -0.817. The van der Waals surface area contributed by atoms with Crippen molar-refractivity contribution in [3.8, 4) is 0 Å². The molecule has 82 valence electrons. The molecule has 0 fully saturated rings. The van der Waals surface area contributed by atoms with E-state index in [1.54, 1.807) is 11.1 Å². The van der Waals surface area contributed by atoms with Crippen LogP contribution in [0.15, 0.2) is 11.8 Å². The maximum absolute atomic E-state index is 10.9. The van der Waals surface area contributed by atoms with Gasteiger partial charge in [-0.3, -0.25) is 0 Å². The number of carboxylic acids is 1. The van der Waals surface area contributed by atoms with Gasteiger partial charge in [0.05, 0.1) is 5.57 Å². The van der Waals surface area contributed by atoms with Gasteiger partial charge in [-0.25, -0.2) is 4.79 Å². The second kappa shape index (κ2) is 5.03. The van der Waals surface area contributed by atoms with Crippen LogP contribution in [0.2, 0.25) is 0 Å². The van der Waals surface area contributed by atoms with Crippen LogP contribution in [0.3, 0.4) is 0 Å². The zero-order chi connectivity index (χ0) is 11.4. The Labute approximate surface area is 86.4 Å². The molecular weight excluding hydrogens is 178 g/mol.